The van der Waals surface area contributed by atoms with Crippen molar-refractivity contribution in [1.82, 2.24) is 0 Å². The van der Waals surface area contributed by atoms with Gasteiger partial charge in [0.05, 0.1) is 20.7 Å². The number of nitrogen functional groups attached to an aromatic ring is 1. The van der Waals surface area contributed by atoms with Crippen LogP contribution in [0, 0.1) is 0 Å². The summed E-state index contributed by atoms with van der Waals surface area (Å²) in [4.78, 5) is 0.743. The van der Waals surface area contributed by atoms with Crippen LogP contribution in [0.4, 0.5) is 5.69 Å². The first-order valence-electron chi connectivity index (χ1n) is 6.14. The normalized spacial score (nSPS) is 19.8. The fourth-order valence-electron chi connectivity index (χ4n) is 2.32. The van der Waals surface area contributed by atoms with Crippen LogP contribution in [0.5, 0.6) is 0 Å². The molecule has 2 N–H and O–H groups in total. The van der Waals surface area contributed by atoms with Gasteiger partial charge in [-0.25, -0.2) is 0 Å². The number of benzene rings is 1. The van der Waals surface area contributed by atoms with Gasteiger partial charge in [0.15, 0.2) is 0 Å². The molecule has 1 aromatic rings. The van der Waals surface area contributed by atoms with E-state index >= 15 is 0 Å². The Hall–Kier alpha value is -0.540. The lowest BCUT2D eigenvalue weighted by Gasteiger charge is -2.14. The molecule has 0 aromatic heterocycles. The minimum absolute atomic E-state index is 0.263. The summed E-state index contributed by atoms with van der Waals surface area (Å²) >= 11 is 6.11. The fraction of sp³-hybridized carbons (Fsp3) is 0.538. The summed E-state index contributed by atoms with van der Waals surface area (Å²) in [5.41, 5.74) is 6.27. The Bertz CT molecular complexity index is 414. The van der Waals surface area contributed by atoms with Crippen LogP contribution in [0.15, 0.2) is 23.1 Å². The Morgan fingerprint density at radius 1 is 1.18 bits per heavy atom. The van der Waals surface area contributed by atoms with E-state index in [1.165, 1.54) is 25.7 Å². The largest absolute Gasteiger partial charge is 0.399 e. The highest BCUT2D eigenvalue weighted by atomic mass is 35.5. The average Bonchev–Trinajstić information content (AvgIpc) is 2.56. The zero-order valence-electron chi connectivity index (χ0n) is 9.82. The number of halogens is 1. The number of hydrogen-bond donors (Lipinski definition) is 1. The maximum Gasteiger partial charge on any atom is 0.0588 e. The number of nitrogens with two attached hydrogens (primary N) is 1. The Morgan fingerprint density at radius 3 is 2.41 bits per heavy atom. The molecule has 0 bridgehead atoms. The van der Waals surface area contributed by atoms with Gasteiger partial charge in [0.1, 0.15) is 0 Å². The van der Waals surface area contributed by atoms with Gasteiger partial charge in [-0.1, -0.05) is 37.3 Å². The van der Waals surface area contributed by atoms with E-state index in [4.69, 9.17) is 17.3 Å². The molecule has 0 heterocycles. The van der Waals surface area contributed by atoms with Gasteiger partial charge in [-0.05, 0) is 31.0 Å². The number of rotatable bonds is 2. The molecular weight excluding hydrogens is 254 g/mol. The van der Waals surface area contributed by atoms with Crippen LogP contribution in [0.25, 0.3) is 0 Å². The molecule has 0 amide bonds. The van der Waals surface area contributed by atoms with Crippen LogP contribution < -0.4 is 5.73 Å². The van der Waals surface area contributed by atoms with Crippen LogP contribution in [0.3, 0.4) is 0 Å². The molecule has 1 aliphatic rings. The molecule has 1 aliphatic carbocycles. The molecule has 0 aliphatic heterocycles. The lowest BCUT2D eigenvalue weighted by molar-refractivity contribution is 0.642. The standard InChI is InChI=1S/C13H18ClNOS/c14-12-9-10(15)7-8-13(12)17(16)11-5-3-1-2-4-6-11/h7-9,11H,1-6,15H2. The summed E-state index contributed by atoms with van der Waals surface area (Å²) in [6.07, 6.45) is 7.00. The summed E-state index contributed by atoms with van der Waals surface area (Å²) in [5.74, 6) is 0. The lowest BCUT2D eigenvalue weighted by Crippen LogP contribution is -2.14. The summed E-state index contributed by atoms with van der Waals surface area (Å²) in [7, 11) is -0.988. The van der Waals surface area contributed by atoms with Crippen molar-refractivity contribution in [2.45, 2.75) is 48.7 Å². The van der Waals surface area contributed by atoms with Crippen molar-refractivity contribution < 1.29 is 4.21 Å². The monoisotopic (exact) mass is 271 g/mol. The first-order chi connectivity index (χ1) is 8.18. The van der Waals surface area contributed by atoms with Crippen LogP contribution in [0.2, 0.25) is 5.02 Å². The molecule has 1 fully saturated rings. The molecule has 17 heavy (non-hydrogen) atoms. The van der Waals surface area contributed by atoms with E-state index in [9.17, 15) is 4.21 Å². The van der Waals surface area contributed by atoms with Crippen molar-refractivity contribution in [1.29, 1.82) is 0 Å². The zero-order chi connectivity index (χ0) is 12.3. The van der Waals surface area contributed by atoms with Crippen LogP contribution in [0.1, 0.15) is 38.5 Å². The summed E-state index contributed by atoms with van der Waals surface area (Å²) in [5, 5.41) is 0.797. The third-order valence-electron chi connectivity index (χ3n) is 3.28. The molecule has 2 nitrogen and oxygen atoms in total. The third kappa shape index (κ3) is 3.23. The second-order valence-electron chi connectivity index (χ2n) is 4.60. The van der Waals surface area contributed by atoms with Crippen molar-refractivity contribution >= 4 is 28.1 Å². The highest BCUT2D eigenvalue weighted by Gasteiger charge is 2.21. The number of hydrogen-bond acceptors (Lipinski definition) is 2. The smallest absolute Gasteiger partial charge is 0.0588 e. The van der Waals surface area contributed by atoms with E-state index in [0.29, 0.717) is 10.7 Å². The van der Waals surface area contributed by atoms with E-state index < -0.39 is 10.8 Å². The Kier molecular flexibility index (Phi) is 4.46. The van der Waals surface area contributed by atoms with Gasteiger partial charge in [-0.3, -0.25) is 4.21 Å². The quantitative estimate of drug-likeness (QED) is 0.658. The highest BCUT2D eigenvalue weighted by Crippen LogP contribution is 2.29. The van der Waals surface area contributed by atoms with Gasteiger partial charge in [0.25, 0.3) is 0 Å². The van der Waals surface area contributed by atoms with Crippen molar-refractivity contribution in [2.75, 3.05) is 5.73 Å². The van der Waals surface area contributed by atoms with Crippen molar-refractivity contribution in [3.8, 4) is 0 Å². The summed E-state index contributed by atoms with van der Waals surface area (Å²) in [6.45, 7) is 0. The molecule has 0 spiro atoms. The van der Waals surface area contributed by atoms with Gasteiger partial charge in [-0.15, -0.1) is 0 Å². The topological polar surface area (TPSA) is 43.1 Å². The van der Waals surface area contributed by atoms with Gasteiger partial charge < -0.3 is 5.73 Å². The van der Waals surface area contributed by atoms with E-state index in [-0.39, 0.29) is 5.25 Å². The summed E-state index contributed by atoms with van der Waals surface area (Å²) < 4.78 is 12.5. The van der Waals surface area contributed by atoms with Crippen LogP contribution in [-0.4, -0.2) is 9.46 Å². The molecule has 94 valence electrons. The first-order valence-corrected chi connectivity index (χ1v) is 7.73. The van der Waals surface area contributed by atoms with Crippen molar-refractivity contribution in [3.05, 3.63) is 23.2 Å². The van der Waals surface area contributed by atoms with Crippen LogP contribution in [-0.2, 0) is 10.8 Å². The SMILES string of the molecule is Nc1ccc(S(=O)C2CCCCCC2)c(Cl)c1. The zero-order valence-corrected chi connectivity index (χ0v) is 11.4. The molecular formula is C13H18ClNOS. The maximum absolute atomic E-state index is 12.5. The van der Waals surface area contributed by atoms with Crippen molar-refractivity contribution in [3.63, 3.8) is 0 Å². The van der Waals surface area contributed by atoms with Gasteiger partial charge >= 0.3 is 0 Å². The minimum atomic E-state index is -0.988. The maximum atomic E-state index is 12.5. The van der Waals surface area contributed by atoms with E-state index in [1.807, 2.05) is 0 Å². The van der Waals surface area contributed by atoms with E-state index in [2.05, 4.69) is 0 Å². The van der Waals surface area contributed by atoms with Gasteiger partial charge in [-0.2, -0.15) is 0 Å². The van der Waals surface area contributed by atoms with Gasteiger partial charge in [0.2, 0.25) is 0 Å². The van der Waals surface area contributed by atoms with E-state index in [1.54, 1.807) is 18.2 Å². The summed E-state index contributed by atoms with van der Waals surface area (Å²) in [6, 6.07) is 5.26. The predicted octanol–water partition coefficient (Wildman–Crippen LogP) is 3.75. The molecule has 1 aromatic carbocycles. The molecule has 1 atom stereocenters. The Morgan fingerprint density at radius 2 is 1.82 bits per heavy atom. The third-order valence-corrected chi connectivity index (χ3v) is 5.57. The highest BCUT2D eigenvalue weighted by molar-refractivity contribution is 7.85. The molecule has 0 radical (unpaired) electrons. The average molecular weight is 272 g/mol. The second kappa shape index (κ2) is 5.87. The first kappa shape index (κ1) is 12.9. The predicted molar refractivity (Wildman–Crippen MR) is 73.8 cm³/mol. The van der Waals surface area contributed by atoms with E-state index in [0.717, 1.165) is 17.7 Å². The minimum Gasteiger partial charge on any atom is -0.399 e. The molecule has 1 saturated carbocycles. The molecule has 0 saturated heterocycles. The van der Waals surface area contributed by atoms with Gasteiger partial charge in [0, 0.05) is 10.9 Å². The van der Waals surface area contributed by atoms with Crippen molar-refractivity contribution in [2.24, 2.45) is 0 Å². The second-order valence-corrected chi connectivity index (χ2v) is 6.71. The number of anilines is 1. The Labute approximate surface area is 110 Å². The fourth-order valence-corrected chi connectivity index (χ4v) is 4.31. The lowest BCUT2D eigenvalue weighted by atomic mass is 10.2. The molecule has 1 unspecified atom stereocenters. The molecule has 2 rings (SSSR count). The molecule has 4 heteroatoms. The Balaban J connectivity index is 2.17. The van der Waals surface area contributed by atoms with Crippen LogP contribution >= 0.6 is 11.6 Å².